The standard InChI is InChI=1S/C14H19FO2/c1-17-12-6-7-13(14(15)9-12)10-4-2-3-5-11(16)8-10/h6-7,9-11,16H,2-5,8H2,1H3. The van der Waals surface area contributed by atoms with Crippen molar-refractivity contribution >= 4 is 0 Å². The van der Waals surface area contributed by atoms with Crippen molar-refractivity contribution in [3.63, 3.8) is 0 Å². The predicted octanol–water partition coefficient (Wildman–Crippen LogP) is 3.24. The molecule has 2 atom stereocenters. The molecule has 1 aliphatic carbocycles. The minimum absolute atomic E-state index is 0.137. The Bertz CT molecular complexity index is 378. The van der Waals surface area contributed by atoms with Crippen LogP contribution < -0.4 is 4.74 Å². The molecule has 0 aliphatic heterocycles. The molecule has 1 fully saturated rings. The first-order valence-corrected chi connectivity index (χ1v) is 6.22. The van der Waals surface area contributed by atoms with Crippen LogP contribution in [0.25, 0.3) is 0 Å². The Labute approximate surface area is 101 Å². The van der Waals surface area contributed by atoms with Gasteiger partial charge < -0.3 is 9.84 Å². The number of aliphatic hydroxyl groups is 1. The summed E-state index contributed by atoms with van der Waals surface area (Å²) in [6.07, 6.45) is 4.28. The van der Waals surface area contributed by atoms with Crippen molar-refractivity contribution < 1.29 is 14.2 Å². The average Bonchev–Trinajstić information content (AvgIpc) is 2.53. The van der Waals surface area contributed by atoms with Crippen molar-refractivity contribution in [1.29, 1.82) is 0 Å². The number of benzene rings is 1. The molecule has 0 saturated heterocycles. The van der Waals surface area contributed by atoms with Crippen molar-refractivity contribution in [3.05, 3.63) is 29.6 Å². The molecule has 1 aromatic rings. The van der Waals surface area contributed by atoms with Crippen molar-refractivity contribution in [2.24, 2.45) is 0 Å². The topological polar surface area (TPSA) is 29.5 Å². The molecule has 0 bridgehead atoms. The van der Waals surface area contributed by atoms with Crippen LogP contribution in [0, 0.1) is 5.82 Å². The Hall–Kier alpha value is -1.09. The molecular weight excluding hydrogens is 219 g/mol. The maximum atomic E-state index is 13.9. The highest BCUT2D eigenvalue weighted by atomic mass is 19.1. The lowest BCUT2D eigenvalue weighted by atomic mass is 9.90. The van der Waals surface area contributed by atoms with Gasteiger partial charge in [-0.25, -0.2) is 4.39 Å². The van der Waals surface area contributed by atoms with E-state index in [1.807, 2.05) is 0 Å². The maximum Gasteiger partial charge on any atom is 0.130 e. The normalized spacial score (nSPS) is 25.4. The lowest BCUT2D eigenvalue weighted by molar-refractivity contribution is 0.151. The van der Waals surface area contributed by atoms with Crippen LogP contribution in [0.2, 0.25) is 0 Å². The Morgan fingerprint density at radius 3 is 2.76 bits per heavy atom. The molecule has 0 radical (unpaired) electrons. The summed E-state index contributed by atoms with van der Waals surface area (Å²) >= 11 is 0. The molecule has 3 heteroatoms. The number of aliphatic hydroxyl groups excluding tert-OH is 1. The number of rotatable bonds is 2. The van der Waals surface area contributed by atoms with Gasteiger partial charge in [-0.2, -0.15) is 0 Å². The Morgan fingerprint density at radius 2 is 2.06 bits per heavy atom. The highest BCUT2D eigenvalue weighted by molar-refractivity contribution is 5.31. The van der Waals surface area contributed by atoms with E-state index in [2.05, 4.69) is 0 Å². The monoisotopic (exact) mass is 238 g/mol. The van der Waals surface area contributed by atoms with Crippen LogP contribution in [0.15, 0.2) is 18.2 Å². The van der Waals surface area contributed by atoms with Gasteiger partial charge >= 0.3 is 0 Å². The number of hydrogen-bond acceptors (Lipinski definition) is 2. The minimum atomic E-state index is -0.288. The summed E-state index contributed by atoms with van der Waals surface area (Å²) in [6, 6.07) is 5.00. The smallest absolute Gasteiger partial charge is 0.130 e. The second-order valence-corrected chi connectivity index (χ2v) is 4.76. The number of halogens is 1. The summed E-state index contributed by atoms with van der Waals surface area (Å²) in [4.78, 5) is 0. The molecule has 1 N–H and O–H groups in total. The zero-order valence-electron chi connectivity index (χ0n) is 10.2. The van der Waals surface area contributed by atoms with Crippen LogP contribution >= 0.6 is 0 Å². The van der Waals surface area contributed by atoms with Gasteiger partial charge in [0.1, 0.15) is 11.6 Å². The number of hydrogen-bond donors (Lipinski definition) is 1. The Balaban J connectivity index is 2.20. The van der Waals surface area contributed by atoms with E-state index in [1.165, 1.54) is 13.2 Å². The third kappa shape index (κ3) is 2.97. The molecule has 0 amide bonds. The van der Waals surface area contributed by atoms with E-state index < -0.39 is 0 Å². The molecule has 0 spiro atoms. The van der Waals surface area contributed by atoms with Gasteiger partial charge in [0.25, 0.3) is 0 Å². The van der Waals surface area contributed by atoms with Gasteiger partial charge in [-0.05, 0) is 36.8 Å². The van der Waals surface area contributed by atoms with E-state index in [-0.39, 0.29) is 17.8 Å². The molecule has 2 nitrogen and oxygen atoms in total. The molecule has 1 saturated carbocycles. The summed E-state index contributed by atoms with van der Waals surface area (Å²) in [5.74, 6) is 0.460. The van der Waals surface area contributed by atoms with Crippen LogP contribution in [-0.2, 0) is 0 Å². The van der Waals surface area contributed by atoms with Gasteiger partial charge in [0.05, 0.1) is 13.2 Å². The fraction of sp³-hybridized carbons (Fsp3) is 0.571. The Kier molecular flexibility index (Phi) is 4.00. The summed E-state index contributed by atoms with van der Waals surface area (Å²) in [5, 5.41) is 9.77. The second-order valence-electron chi connectivity index (χ2n) is 4.76. The van der Waals surface area contributed by atoms with Gasteiger partial charge in [-0.1, -0.05) is 18.9 Å². The van der Waals surface area contributed by atoms with E-state index in [0.29, 0.717) is 17.7 Å². The highest BCUT2D eigenvalue weighted by Gasteiger charge is 2.22. The first-order valence-electron chi connectivity index (χ1n) is 6.22. The first-order chi connectivity index (χ1) is 8.20. The fourth-order valence-electron chi connectivity index (χ4n) is 2.58. The van der Waals surface area contributed by atoms with Crippen molar-refractivity contribution in [2.45, 2.75) is 44.1 Å². The van der Waals surface area contributed by atoms with Gasteiger partial charge in [0.15, 0.2) is 0 Å². The van der Waals surface area contributed by atoms with Crippen molar-refractivity contribution in [3.8, 4) is 5.75 Å². The van der Waals surface area contributed by atoms with E-state index in [1.54, 1.807) is 12.1 Å². The summed E-state index contributed by atoms with van der Waals surface area (Å²) < 4.78 is 18.9. The van der Waals surface area contributed by atoms with Crippen LogP contribution in [0.3, 0.4) is 0 Å². The van der Waals surface area contributed by atoms with Crippen LogP contribution in [0.4, 0.5) is 4.39 Å². The quantitative estimate of drug-likeness (QED) is 0.801. The zero-order chi connectivity index (χ0) is 12.3. The average molecular weight is 238 g/mol. The van der Waals surface area contributed by atoms with Crippen LogP contribution in [0.1, 0.15) is 43.6 Å². The van der Waals surface area contributed by atoms with E-state index >= 15 is 0 Å². The summed E-state index contributed by atoms with van der Waals surface area (Å²) in [5.41, 5.74) is 0.715. The molecule has 1 aliphatic rings. The third-order valence-electron chi connectivity index (χ3n) is 3.54. The van der Waals surface area contributed by atoms with Gasteiger partial charge in [0, 0.05) is 6.07 Å². The predicted molar refractivity (Wildman–Crippen MR) is 64.8 cm³/mol. The molecule has 94 valence electrons. The minimum Gasteiger partial charge on any atom is -0.497 e. The summed E-state index contributed by atoms with van der Waals surface area (Å²) in [6.45, 7) is 0. The third-order valence-corrected chi connectivity index (χ3v) is 3.54. The molecule has 2 rings (SSSR count). The van der Waals surface area contributed by atoms with Crippen LogP contribution in [0.5, 0.6) is 5.75 Å². The van der Waals surface area contributed by atoms with Crippen molar-refractivity contribution in [1.82, 2.24) is 0 Å². The van der Waals surface area contributed by atoms with E-state index in [9.17, 15) is 9.50 Å². The van der Waals surface area contributed by atoms with E-state index in [0.717, 1.165) is 25.7 Å². The fourth-order valence-corrected chi connectivity index (χ4v) is 2.58. The SMILES string of the molecule is COc1ccc(C2CCCCC(O)C2)c(F)c1. The van der Waals surface area contributed by atoms with Crippen LogP contribution in [-0.4, -0.2) is 18.3 Å². The Morgan fingerprint density at radius 1 is 1.29 bits per heavy atom. The number of ether oxygens (including phenoxy) is 1. The lowest BCUT2D eigenvalue weighted by Crippen LogP contribution is -2.10. The number of methoxy groups -OCH3 is 1. The van der Waals surface area contributed by atoms with Gasteiger partial charge in [-0.3, -0.25) is 0 Å². The summed E-state index contributed by atoms with van der Waals surface area (Å²) in [7, 11) is 1.53. The van der Waals surface area contributed by atoms with Gasteiger partial charge in [0.2, 0.25) is 0 Å². The molecular formula is C14H19FO2. The lowest BCUT2D eigenvalue weighted by Gasteiger charge is -2.18. The van der Waals surface area contributed by atoms with Crippen molar-refractivity contribution in [2.75, 3.05) is 7.11 Å². The molecule has 0 aromatic heterocycles. The first kappa shape index (κ1) is 12.4. The highest BCUT2D eigenvalue weighted by Crippen LogP contribution is 2.34. The van der Waals surface area contributed by atoms with E-state index in [4.69, 9.17) is 4.74 Å². The molecule has 2 unspecified atom stereocenters. The molecule has 17 heavy (non-hydrogen) atoms. The largest absolute Gasteiger partial charge is 0.497 e. The zero-order valence-corrected chi connectivity index (χ0v) is 10.2. The molecule has 1 aromatic carbocycles. The molecule has 0 heterocycles. The second kappa shape index (κ2) is 5.50. The van der Waals surface area contributed by atoms with Gasteiger partial charge in [-0.15, -0.1) is 0 Å². The maximum absolute atomic E-state index is 13.9.